The average molecular weight is 372 g/mol. The van der Waals surface area contributed by atoms with Crippen LogP contribution in [0, 0.1) is 12.8 Å². The molecule has 2 fully saturated rings. The molecule has 0 atom stereocenters. The number of carboxylic acids is 1. The zero-order valence-corrected chi connectivity index (χ0v) is 15.9. The molecule has 1 aliphatic heterocycles. The smallest absolute Gasteiger partial charge is 0.335 e. The normalized spacial score (nSPS) is 18.4. The first-order chi connectivity index (χ1) is 12.9. The second-order valence-electron chi connectivity index (χ2n) is 7.77. The van der Waals surface area contributed by atoms with Crippen LogP contribution >= 0.6 is 0 Å². The van der Waals surface area contributed by atoms with Crippen LogP contribution in [0.4, 0.5) is 0 Å². The minimum Gasteiger partial charge on any atom is -0.478 e. The van der Waals surface area contributed by atoms with Crippen LogP contribution in [0.1, 0.15) is 64.8 Å². The van der Waals surface area contributed by atoms with Crippen molar-refractivity contribution in [1.82, 2.24) is 9.80 Å². The highest BCUT2D eigenvalue weighted by molar-refractivity contribution is 5.97. The summed E-state index contributed by atoms with van der Waals surface area (Å²) in [5, 5.41) is 9.21. The second kappa shape index (κ2) is 8.55. The molecule has 0 aromatic heterocycles. The van der Waals surface area contributed by atoms with Gasteiger partial charge in [0.15, 0.2) is 0 Å². The number of aromatic carboxylic acids is 1. The first-order valence-corrected chi connectivity index (χ1v) is 9.86. The predicted octanol–water partition coefficient (Wildman–Crippen LogP) is 2.95. The monoisotopic (exact) mass is 372 g/mol. The molecule has 0 spiro atoms. The lowest BCUT2D eigenvalue weighted by Gasteiger charge is -2.23. The molecule has 2 amide bonds. The van der Waals surface area contributed by atoms with E-state index in [1.807, 2.05) is 4.90 Å². The van der Waals surface area contributed by atoms with Gasteiger partial charge in [-0.1, -0.05) is 12.8 Å². The number of carboxylic acid groups (broad SMARTS) is 1. The fourth-order valence-corrected chi connectivity index (χ4v) is 4.17. The van der Waals surface area contributed by atoms with E-state index in [2.05, 4.69) is 0 Å². The average Bonchev–Trinajstić information content (AvgIpc) is 3.01. The number of hydrogen-bond acceptors (Lipinski definition) is 3. The van der Waals surface area contributed by atoms with Crippen LogP contribution in [0.3, 0.4) is 0 Å². The highest BCUT2D eigenvalue weighted by atomic mass is 16.4. The maximum Gasteiger partial charge on any atom is 0.335 e. The lowest BCUT2D eigenvalue weighted by atomic mass is 10.0. The largest absolute Gasteiger partial charge is 0.478 e. The zero-order chi connectivity index (χ0) is 19.4. The summed E-state index contributed by atoms with van der Waals surface area (Å²) in [6, 6.07) is 4.72. The number of carbonyl (C=O) groups excluding carboxylic acids is 2. The fraction of sp³-hybridized carbons (Fsp3) is 0.571. The van der Waals surface area contributed by atoms with Gasteiger partial charge in [0.1, 0.15) is 0 Å². The third-order valence-corrected chi connectivity index (χ3v) is 5.65. The number of amides is 2. The van der Waals surface area contributed by atoms with Crippen molar-refractivity contribution < 1.29 is 19.5 Å². The quantitative estimate of drug-likeness (QED) is 0.881. The van der Waals surface area contributed by atoms with Gasteiger partial charge in [-0.2, -0.15) is 0 Å². The summed E-state index contributed by atoms with van der Waals surface area (Å²) in [5.74, 6) is -0.460. The van der Waals surface area contributed by atoms with E-state index in [-0.39, 0.29) is 17.4 Å². The Labute approximate surface area is 160 Å². The van der Waals surface area contributed by atoms with Crippen LogP contribution in [0.2, 0.25) is 0 Å². The van der Waals surface area contributed by atoms with Gasteiger partial charge in [0.25, 0.3) is 5.91 Å². The minimum absolute atomic E-state index is 0.126. The molecule has 27 heavy (non-hydrogen) atoms. The Bertz CT molecular complexity index is 725. The number of benzene rings is 1. The van der Waals surface area contributed by atoms with Gasteiger partial charge in [-0.3, -0.25) is 9.59 Å². The van der Waals surface area contributed by atoms with Crippen LogP contribution in [0.25, 0.3) is 0 Å². The van der Waals surface area contributed by atoms with Crippen molar-refractivity contribution in [3.8, 4) is 0 Å². The Morgan fingerprint density at radius 2 is 1.56 bits per heavy atom. The van der Waals surface area contributed by atoms with Gasteiger partial charge in [0, 0.05) is 38.2 Å². The lowest BCUT2D eigenvalue weighted by Crippen LogP contribution is -2.37. The van der Waals surface area contributed by atoms with E-state index in [0.717, 1.165) is 24.8 Å². The SMILES string of the molecule is Cc1cc(C(=O)O)cc(C(=O)N2CCCN(C(=O)CC3CCCC3)CC2)c1. The van der Waals surface area contributed by atoms with Gasteiger partial charge in [-0.05, 0) is 55.9 Å². The van der Waals surface area contributed by atoms with Crippen LogP contribution in [-0.4, -0.2) is 58.9 Å². The third-order valence-electron chi connectivity index (χ3n) is 5.65. The van der Waals surface area contributed by atoms with Gasteiger partial charge >= 0.3 is 5.97 Å². The summed E-state index contributed by atoms with van der Waals surface area (Å²) in [7, 11) is 0. The number of rotatable bonds is 4. The van der Waals surface area contributed by atoms with Crippen LogP contribution in [0.5, 0.6) is 0 Å². The van der Waals surface area contributed by atoms with Gasteiger partial charge in [0.05, 0.1) is 5.56 Å². The fourth-order valence-electron chi connectivity index (χ4n) is 4.17. The molecule has 1 saturated heterocycles. The Balaban J connectivity index is 1.62. The molecule has 1 aromatic rings. The van der Waals surface area contributed by atoms with Crippen molar-refractivity contribution in [2.45, 2.75) is 45.4 Å². The maximum atomic E-state index is 12.9. The number of hydrogen-bond donors (Lipinski definition) is 1. The summed E-state index contributed by atoms with van der Waals surface area (Å²) < 4.78 is 0. The Morgan fingerprint density at radius 3 is 2.26 bits per heavy atom. The van der Waals surface area contributed by atoms with Gasteiger partial charge < -0.3 is 14.9 Å². The van der Waals surface area contributed by atoms with E-state index in [9.17, 15) is 19.5 Å². The highest BCUT2D eigenvalue weighted by Crippen LogP contribution is 2.28. The van der Waals surface area contributed by atoms with Crippen molar-refractivity contribution in [3.63, 3.8) is 0 Å². The molecule has 6 nitrogen and oxygen atoms in total. The van der Waals surface area contributed by atoms with Gasteiger partial charge in [0.2, 0.25) is 5.91 Å². The molecule has 0 radical (unpaired) electrons. The molecule has 1 aliphatic carbocycles. The summed E-state index contributed by atoms with van der Waals surface area (Å²) in [5.41, 5.74) is 1.28. The third kappa shape index (κ3) is 4.87. The van der Waals surface area contributed by atoms with Crippen molar-refractivity contribution in [1.29, 1.82) is 0 Å². The number of nitrogens with zero attached hydrogens (tertiary/aromatic N) is 2. The second-order valence-corrected chi connectivity index (χ2v) is 7.77. The van der Waals surface area contributed by atoms with E-state index in [4.69, 9.17) is 0 Å². The zero-order valence-electron chi connectivity index (χ0n) is 15.9. The molecule has 1 heterocycles. The Morgan fingerprint density at radius 1 is 0.926 bits per heavy atom. The van der Waals surface area contributed by atoms with Crippen LogP contribution in [-0.2, 0) is 4.79 Å². The Kier molecular flexibility index (Phi) is 6.14. The molecule has 1 N–H and O–H groups in total. The molecule has 6 heteroatoms. The Hall–Kier alpha value is -2.37. The molecule has 2 aliphatic rings. The van der Waals surface area contributed by atoms with Crippen molar-refractivity contribution in [3.05, 3.63) is 34.9 Å². The summed E-state index contributed by atoms with van der Waals surface area (Å²) in [4.78, 5) is 40.3. The number of aryl methyl sites for hydroxylation is 1. The van der Waals surface area contributed by atoms with E-state index >= 15 is 0 Å². The summed E-state index contributed by atoms with van der Waals surface area (Å²) in [6.45, 7) is 4.10. The lowest BCUT2D eigenvalue weighted by molar-refractivity contribution is -0.132. The predicted molar refractivity (Wildman–Crippen MR) is 102 cm³/mol. The molecule has 0 bridgehead atoms. The van der Waals surface area contributed by atoms with Gasteiger partial charge in [-0.15, -0.1) is 0 Å². The first-order valence-electron chi connectivity index (χ1n) is 9.86. The minimum atomic E-state index is -1.03. The molecule has 146 valence electrons. The van der Waals surface area contributed by atoms with E-state index in [0.29, 0.717) is 44.1 Å². The van der Waals surface area contributed by atoms with E-state index in [1.54, 1.807) is 24.0 Å². The highest BCUT2D eigenvalue weighted by Gasteiger charge is 2.26. The molecular weight excluding hydrogens is 344 g/mol. The molecular formula is C21H28N2O4. The molecule has 1 aromatic carbocycles. The maximum absolute atomic E-state index is 12.9. The van der Waals surface area contributed by atoms with Crippen molar-refractivity contribution in [2.24, 2.45) is 5.92 Å². The van der Waals surface area contributed by atoms with Gasteiger partial charge in [-0.25, -0.2) is 4.79 Å². The first kappa shape index (κ1) is 19.4. The van der Waals surface area contributed by atoms with Crippen LogP contribution < -0.4 is 0 Å². The van der Waals surface area contributed by atoms with Crippen molar-refractivity contribution >= 4 is 17.8 Å². The molecule has 0 unspecified atom stereocenters. The number of carbonyl (C=O) groups is 3. The van der Waals surface area contributed by atoms with Crippen LogP contribution in [0.15, 0.2) is 18.2 Å². The molecule has 3 rings (SSSR count). The van der Waals surface area contributed by atoms with Crippen molar-refractivity contribution in [2.75, 3.05) is 26.2 Å². The van der Waals surface area contributed by atoms with E-state index in [1.165, 1.54) is 18.9 Å². The molecule has 1 saturated carbocycles. The summed E-state index contributed by atoms with van der Waals surface area (Å²) in [6.07, 6.45) is 6.16. The topological polar surface area (TPSA) is 77.9 Å². The standard InChI is InChI=1S/C21H28N2O4/c1-15-11-17(14-18(12-15)21(26)27)20(25)23-8-4-7-22(9-10-23)19(24)13-16-5-2-3-6-16/h11-12,14,16H,2-10,13H2,1H3,(H,26,27). The van der Waals surface area contributed by atoms with E-state index < -0.39 is 5.97 Å². The summed E-state index contributed by atoms with van der Waals surface area (Å²) >= 11 is 0.